The van der Waals surface area contributed by atoms with Gasteiger partial charge in [-0.05, 0) is 5.56 Å². The Bertz CT molecular complexity index is 254. The summed E-state index contributed by atoms with van der Waals surface area (Å²) in [7, 11) is 0. The lowest BCUT2D eigenvalue weighted by molar-refractivity contribution is 0.115. The van der Waals surface area contributed by atoms with E-state index in [0.29, 0.717) is 5.92 Å². The topological polar surface area (TPSA) is 23.5 Å². The molecule has 1 aliphatic rings. The fourth-order valence-corrected chi connectivity index (χ4v) is 1.83. The van der Waals surface area contributed by atoms with E-state index in [2.05, 4.69) is 29.2 Å². The van der Waals surface area contributed by atoms with Crippen molar-refractivity contribution in [3.05, 3.63) is 35.9 Å². The van der Waals surface area contributed by atoms with Crippen LogP contribution in [0.5, 0.6) is 0 Å². The molecule has 2 nitrogen and oxygen atoms in total. The van der Waals surface area contributed by atoms with Crippen LogP contribution in [0.2, 0.25) is 0 Å². The van der Waals surface area contributed by atoms with Gasteiger partial charge in [0.05, 0.1) is 6.61 Å². The maximum absolute atomic E-state index is 8.72. The monoisotopic (exact) mass is 177 g/mol. The van der Waals surface area contributed by atoms with Gasteiger partial charge in [-0.1, -0.05) is 30.3 Å². The average Bonchev–Trinajstić information content (AvgIpc) is 2.12. The first-order valence-corrected chi connectivity index (χ1v) is 4.78. The Morgan fingerprint density at radius 3 is 2.54 bits per heavy atom. The van der Waals surface area contributed by atoms with Gasteiger partial charge in [0.15, 0.2) is 0 Å². The van der Waals surface area contributed by atoms with Crippen LogP contribution < -0.4 is 0 Å². The van der Waals surface area contributed by atoms with Gasteiger partial charge in [-0.3, -0.25) is 4.90 Å². The lowest BCUT2D eigenvalue weighted by Crippen LogP contribution is -2.46. The van der Waals surface area contributed by atoms with E-state index in [4.69, 9.17) is 5.11 Å². The number of benzene rings is 1. The summed E-state index contributed by atoms with van der Waals surface area (Å²) in [6.45, 7) is 3.31. The van der Waals surface area contributed by atoms with Crippen molar-refractivity contribution in [1.82, 2.24) is 4.90 Å². The lowest BCUT2D eigenvalue weighted by atomic mass is 9.92. The predicted octanol–water partition coefficient (Wildman–Crippen LogP) is 1.08. The summed E-state index contributed by atoms with van der Waals surface area (Å²) < 4.78 is 0. The van der Waals surface area contributed by atoms with Gasteiger partial charge in [0.1, 0.15) is 0 Å². The Morgan fingerprint density at radius 1 is 1.23 bits per heavy atom. The van der Waals surface area contributed by atoms with Crippen LogP contribution in [-0.4, -0.2) is 36.2 Å². The second-order valence-electron chi connectivity index (χ2n) is 3.59. The molecule has 0 saturated carbocycles. The van der Waals surface area contributed by atoms with Gasteiger partial charge in [-0.25, -0.2) is 0 Å². The molecule has 13 heavy (non-hydrogen) atoms. The SMILES string of the molecule is OCCN1CC(c2ccccc2)C1. The number of aliphatic hydroxyl groups excluding tert-OH is 1. The third kappa shape index (κ3) is 1.90. The molecule has 1 aliphatic heterocycles. The van der Waals surface area contributed by atoms with E-state index in [-0.39, 0.29) is 6.61 Å². The highest BCUT2D eigenvalue weighted by atomic mass is 16.3. The quantitative estimate of drug-likeness (QED) is 0.746. The molecular weight excluding hydrogens is 162 g/mol. The number of hydrogen-bond acceptors (Lipinski definition) is 2. The third-order valence-electron chi connectivity index (χ3n) is 2.64. The van der Waals surface area contributed by atoms with Crippen LogP contribution in [0.15, 0.2) is 30.3 Å². The first-order chi connectivity index (χ1) is 6.40. The van der Waals surface area contributed by atoms with Gasteiger partial charge in [-0.2, -0.15) is 0 Å². The summed E-state index contributed by atoms with van der Waals surface area (Å²) in [5.41, 5.74) is 1.43. The standard InChI is InChI=1S/C11H15NO/c13-7-6-12-8-11(9-12)10-4-2-1-3-5-10/h1-5,11,13H,6-9H2. The predicted molar refractivity (Wildman–Crippen MR) is 52.7 cm³/mol. The first-order valence-electron chi connectivity index (χ1n) is 4.78. The van der Waals surface area contributed by atoms with Crippen LogP contribution >= 0.6 is 0 Å². The molecule has 1 heterocycles. The second kappa shape index (κ2) is 3.90. The molecule has 1 N–H and O–H groups in total. The van der Waals surface area contributed by atoms with Crippen molar-refractivity contribution in [3.8, 4) is 0 Å². The van der Waals surface area contributed by atoms with Crippen molar-refractivity contribution >= 4 is 0 Å². The fourth-order valence-electron chi connectivity index (χ4n) is 1.83. The molecule has 0 aromatic heterocycles. The molecule has 1 fully saturated rings. The van der Waals surface area contributed by atoms with Crippen LogP contribution in [0.25, 0.3) is 0 Å². The molecule has 2 heteroatoms. The Morgan fingerprint density at radius 2 is 1.92 bits per heavy atom. The van der Waals surface area contributed by atoms with Gasteiger partial charge < -0.3 is 5.11 Å². The molecule has 0 amide bonds. The van der Waals surface area contributed by atoms with Crippen LogP contribution in [0.3, 0.4) is 0 Å². The average molecular weight is 177 g/mol. The van der Waals surface area contributed by atoms with E-state index in [1.165, 1.54) is 5.56 Å². The van der Waals surface area contributed by atoms with Crippen molar-refractivity contribution in [2.75, 3.05) is 26.2 Å². The normalized spacial score (nSPS) is 18.5. The summed E-state index contributed by atoms with van der Waals surface area (Å²) in [6.07, 6.45) is 0. The molecular formula is C11H15NO. The van der Waals surface area contributed by atoms with Gasteiger partial charge in [0.25, 0.3) is 0 Å². The summed E-state index contributed by atoms with van der Waals surface area (Å²) in [5.74, 6) is 0.688. The van der Waals surface area contributed by atoms with Crippen molar-refractivity contribution in [1.29, 1.82) is 0 Å². The van der Waals surface area contributed by atoms with E-state index in [1.807, 2.05) is 6.07 Å². The maximum Gasteiger partial charge on any atom is 0.0558 e. The number of aliphatic hydroxyl groups is 1. The molecule has 2 rings (SSSR count). The highest BCUT2D eigenvalue weighted by Crippen LogP contribution is 2.25. The molecule has 0 spiro atoms. The van der Waals surface area contributed by atoms with Gasteiger partial charge in [-0.15, -0.1) is 0 Å². The van der Waals surface area contributed by atoms with Crippen molar-refractivity contribution < 1.29 is 5.11 Å². The van der Waals surface area contributed by atoms with Crippen LogP contribution in [0.4, 0.5) is 0 Å². The molecule has 1 aromatic carbocycles. The zero-order valence-corrected chi connectivity index (χ0v) is 7.69. The van der Waals surface area contributed by atoms with E-state index in [1.54, 1.807) is 0 Å². The smallest absolute Gasteiger partial charge is 0.0558 e. The zero-order chi connectivity index (χ0) is 9.10. The molecule has 1 aromatic rings. The minimum Gasteiger partial charge on any atom is -0.395 e. The zero-order valence-electron chi connectivity index (χ0n) is 7.69. The summed E-state index contributed by atoms with van der Waals surface area (Å²) in [6, 6.07) is 10.6. The Hall–Kier alpha value is -0.860. The highest BCUT2D eigenvalue weighted by Gasteiger charge is 2.26. The van der Waals surface area contributed by atoms with E-state index >= 15 is 0 Å². The second-order valence-corrected chi connectivity index (χ2v) is 3.59. The van der Waals surface area contributed by atoms with Crippen molar-refractivity contribution in [2.45, 2.75) is 5.92 Å². The number of likely N-dealkylation sites (tertiary alicyclic amines) is 1. The maximum atomic E-state index is 8.72. The van der Waals surface area contributed by atoms with Gasteiger partial charge in [0, 0.05) is 25.6 Å². The molecule has 0 aliphatic carbocycles. The summed E-state index contributed by atoms with van der Waals surface area (Å²) in [4.78, 5) is 2.28. The van der Waals surface area contributed by atoms with Gasteiger partial charge in [0.2, 0.25) is 0 Å². The Balaban J connectivity index is 1.87. The molecule has 0 radical (unpaired) electrons. The number of nitrogens with zero attached hydrogens (tertiary/aromatic N) is 1. The van der Waals surface area contributed by atoms with E-state index < -0.39 is 0 Å². The van der Waals surface area contributed by atoms with Crippen molar-refractivity contribution in [2.24, 2.45) is 0 Å². The summed E-state index contributed by atoms with van der Waals surface area (Å²) in [5, 5.41) is 8.72. The van der Waals surface area contributed by atoms with E-state index in [9.17, 15) is 0 Å². The minimum atomic E-state index is 0.279. The fraction of sp³-hybridized carbons (Fsp3) is 0.455. The highest BCUT2D eigenvalue weighted by molar-refractivity contribution is 5.22. The van der Waals surface area contributed by atoms with Crippen LogP contribution in [0.1, 0.15) is 11.5 Å². The number of rotatable bonds is 3. The molecule has 0 atom stereocenters. The Kier molecular flexibility index (Phi) is 2.62. The van der Waals surface area contributed by atoms with Gasteiger partial charge >= 0.3 is 0 Å². The molecule has 1 saturated heterocycles. The molecule has 0 unspecified atom stereocenters. The summed E-state index contributed by atoms with van der Waals surface area (Å²) >= 11 is 0. The number of hydrogen-bond donors (Lipinski definition) is 1. The largest absolute Gasteiger partial charge is 0.395 e. The lowest BCUT2D eigenvalue weighted by Gasteiger charge is -2.39. The van der Waals surface area contributed by atoms with Crippen LogP contribution in [0, 0.1) is 0 Å². The first kappa shape index (κ1) is 8.73. The molecule has 0 bridgehead atoms. The number of β-amino-alcohol motifs (C(OH)–C–C–N with tert-alkyl or cyclic N) is 1. The van der Waals surface area contributed by atoms with Crippen LogP contribution in [-0.2, 0) is 0 Å². The Labute approximate surface area is 78.8 Å². The minimum absolute atomic E-state index is 0.279. The van der Waals surface area contributed by atoms with E-state index in [0.717, 1.165) is 19.6 Å². The van der Waals surface area contributed by atoms with Crippen molar-refractivity contribution in [3.63, 3.8) is 0 Å². The third-order valence-corrected chi connectivity index (χ3v) is 2.64. The molecule has 70 valence electrons.